The van der Waals surface area contributed by atoms with Crippen LogP contribution in [0.4, 0.5) is 10.2 Å². The monoisotopic (exact) mass is 330 g/mol. The normalized spacial score (nSPS) is 14.9. The molecule has 1 aliphatic carbocycles. The molecule has 0 radical (unpaired) electrons. The Hall–Kier alpha value is -2.28. The van der Waals surface area contributed by atoms with E-state index < -0.39 is 0 Å². The predicted octanol–water partition coefficient (Wildman–Crippen LogP) is 3.67. The summed E-state index contributed by atoms with van der Waals surface area (Å²) in [4.78, 5) is 16.7. The molecule has 1 aliphatic rings. The van der Waals surface area contributed by atoms with Crippen molar-refractivity contribution in [3.63, 3.8) is 0 Å². The molecule has 5 nitrogen and oxygen atoms in total. The number of thiazole rings is 1. The molecule has 7 heteroatoms. The van der Waals surface area contributed by atoms with E-state index in [1.807, 2.05) is 13.0 Å². The molecule has 1 fully saturated rings. The molecule has 0 bridgehead atoms. The average molecular weight is 330 g/mol. The van der Waals surface area contributed by atoms with Gasteiger partial charge < -0.3 is 5.32 Å². The first-order chi connectivity index (χ1) is 11.1. The molecule has 0 atom stereocenters. The summed E-state index contributed by atoms with van der Waals surface area (Å²) in [5.41, 5.74) is 1.51. The van der Waals surface area contributed by atoms with Gasteiger partial charge in [0.05, 0.1) is 15.9 Å². The van der Waals surface area contributed by atoms with E-state index in [1.165, 1.54) is 23.5 Å². The quantitative estimate of drug-likeness (QED) is 0.797. The summed E-state index contributed by atoms with van der Waals surface area (Å²) in [6.45, 7) is 1.86. The highest BCUT2D eigenvalue weighted by atomic mass is 32.1. The Labute approximate surface area is 136 Å². The Morgan fingerprint density at radius 2 is 2.22 bits per heavy atom. The minimum Gasteiger partial charge on any atom is -0.310 e. The molecule has 1 saturated carbocycles. The number of fused-ring (bicyclic) bond motifs is 1. The minimum absolute atomic E-state index is 0.0320. The molecule has 0 unspecified atom stereocenters. The van der Waals surface area contributed by atoms with Crippen LogP contribution in [-0.2, 0) is 4.79 Å². The highest BCUT2D eigenvalue weighted by Crippen LogP contribution is 2.30. The molecule has 1 amide bonds. The zero-order valence-corrected chi connectivity index (χ0v) is 13.4. The van der Waals surface area contributed by atoms with E-state index in [0.717, 1.165) is 35.2 Å². The molecule has 0 aliphatic heterocycles. The molecule has 118 valence electrons. The number of nitrogens with one attached hydrogen (secondary N) is 1. The van der Waals surface area contributed by atoms with E-state index >= 15 is 0 Å². The smallest absolute Gasteiger partial charge is 0.228 e. The summed E-state index contributed by atoms with van der Waals surface area (Å²) in [7, 11) is 0. The second-order valence-electron chi connectivity index (χ2n) is 5.81. The van der Waals surface area contributed by atoms with Crippen LogP contribution in [0.25, 0.3) is 15.3 Å². The van der Waals surface area contributed by atoms with E-state index in [2.05, 4.69) is 15.4 Å². The lowest BCUT2D eigenvalue weighted by Gasteiger charge is -2.23. The van der Waals surface area contributed by atoms with Gasteiger partial charge in [0.25, 0.3) is 0 Å². The van der Waals surface area contributed by atoms with Crippen molar-refractivity contribution in [2.24, 2.45) is 5.92 Å². The zero-order valence-electron chi connectivity index (χ0n) is 12.5. The third-order valence-electron chi connectivity index (χ3n) is 4.08. The largest absolute Gasteiger partial charge is 0.310 e. The van der Waals surface area contributed by atoms with Gasteiger partial charge in [-0.1, -0.05) is 17.8 Å². The molecule has 2 heterocycles. The summed E-state index contributed by atoms with van der Waals surface area (Å²) >= 11 is 1.35. The van der Waals surface area contributed by atoms with Gasteiger partial charge in [0.15, 0.2) is 0 Å². The zero-order chi connectivity index (χ0) is 16.0. The first kappa shape index (κ1) is 14.3. The molecule has 1 aromatic carbocycles. The number of benzene rings is 1. The fourth-order valence-corrected chi connectivity index (χ4v) is 3.57. The van der Waals surface area contributed by atoms with Gasteiger partial charge in [0.2, 0.25) is 11.0 Å². The van der Waals surface area contributed by atoms with E-state index in [1.54, 1.807) is 10.7 Å². The van der Waals surface area contributed by atoms with Gasteiger partial charge in [-0.2, -0.15) is 9.78 Å². The lowest BCUT2D eigenvalue weighted by molar-refractivity contribution is -0.122. The van der Waals surface area contributed by atoms with Gasteiger partial charge in [-0.25, -0.2) is 9.37 Å². The van der Waals surface area contributed by atoms with Crippen LogP contribution in [0.3, 0.4) is 0 Å². The van der Waals surface area contributed by atoms with Gasteiger partial charge in [0, 0.05) is 12.0 Å². The van der Waals surface area contributed by atoms with Crippen LogP contribution in [0, 0.1) is 18.7 Å². The number of nitrogens with zero attached hydrogens (tertiary/aromatic N) is 3. The van der Waals surface area contributed by atoms with Crippen molar-refractivity contribution in [1.82, 2.24) is 14.8 Å². The summed E-state index contributed by atoms with van der Waals surface area (Å²) in [6, 6.07) is 6.32. The Balaban J connectivity index is 1.70. The predicted molar refractivity (Wildman–Crippen MR) is 87.4 cm³/mol. The molecular weight excluding hydrogens is 315 g/mol. The maximum absolute atomic E-state index is 13.3. The van der Waals surface area contributed by atoms with Crippen molar-refractivity contribution >= 4 is 33.3 Å². The molecule has 1 N–H and O–H groups in total. The molecule has 0 spiro atoms. The van der Waals surface area contributed by atoms with Crippen LogP contribution in [-0.4, -0.2) is 20.7 Å². The molecular formula is C16H15FN4OS. The molecule has 23 heavy (non-hydrogen) atoms. The SMILES string of the molecule is Cc1cc(NC(=O)C2CCC2)n(-c2nc3ccc(F)cc3s2)n1. The Bertz CT molecular complexity index is 897. The van der Waals surface area contributed by atoms with Crippen molar-refractivity contribution in [3.05, 3.63) is 35.8 Å². The van der Waals surface area contributed by atoms with Crippen LogP contribution >= 0.6 is 11.3 Å². The number of halogens is 1. The van der Waals surface area contributed by atoms with E-state index in [9.17, 15) is 9.18 Å². The van der Waals surface area contributed by atoms with Crippen LogP contribution in [0.15, 0.2) is 24.3 Å². The number of hydrogen-bond acceptors (Lipinski definition) is 4. The van der Waals surface area contributed by atoms with Crippen molar-refractivity contribution in [1.29, 1.82) is 0 Å². The number of aromatic nitrogens is 3. The first-order valence-electron chi connectivity index (χ1n) is 7.54. The Morgan fingerprint density at radius 1 is 1.39 bits per heavy atom. The molecule has 0 saturated heterocycles. The number of hydrogen-bond donors (Lipinski definition) is 1. The molecule has 2 aromatic heterocycles. The summed E-state index contributed by atoms with van der Waals surface area (Å²) in [5.74, 6) is 0.453. The Kier molecular flexibility index (Phi) is 3.37. The average Bonchev–Trinajstić information content (AvgIpc) is 2.99. The Morgan fingerprint density at radius 3 is 2.96 bits per heavy atom. The lowest BCUT2D eigenvalue weighted by Crippen LogP contribution is -2.28. The molecule has 3 aromatic rings. The fraction of sp³-hybridized carbons (Fsp3) is 0.312. The standard InChI is InChI=1S/C16H15FN4OS/c1-9-7-14(19-15(22)10-3-2-4-10)21(20-9)16-18-12-6-5-11(17)8-13(12)23-16/h5-8,10H,2-4H2,1H3,(H,19,22). The molecule has 4 rings (SSSR count). The summed E-state index contributed by atoms with van der Waals surface area (Å²) in [5, 5.41) is 7.97. The number of rotatable bonds is 3. The van der Waals surface area contributed by atoms with Gasteiger partial charge in [0.1, 0.15) is 11.6 Å². The van der Waals surface area contributed by atoms with Crippen LogP contribution in [0.1, 0.15) is 25.0 Å². The van der Waals surface area contributed by atoms with Crippen LogP contribution < -0.4 is 5.32 Å². The number of amides is 1. The highest BCUT2D eigenvalue weighted by molar-refractivity contribution is 7.20. The second kappa shape index (κ2) is 5.42. The van der Waals surface area contributed by atoms with Crippen molar-refractivity contribution in [2.75, 3.05) is 5.32 Å². The number of carbonyl (C=O) groups excluding carboxylic acids is 1. The van der Waals surface area contributed by atoms with Gasteiger partial charge in [-0.05, 0) is 38.0 Å². The van der Waals surface area contributed by atoms with Crippen LogP contribution in [0.2, 0.25) is 0 Å². The van der Waals surface area contributed by atoms with Gasteiger partial charge >= 0.3 is 0 Å². The lowest BCUT2D eigenvalue weighted by atomic mass is 9.85. The summed E-state index contributed by atoms with van der Waals surface area (Å²) < 4.78 is 15.7. The first-order valence-corrected chi connectivity index (χ1v) is 8.36. The number of aryl methyl sites for hydroxylation is 1. The maximum atomic E-state index is 13.3. The highest BCUT2D eigenvalue weighted by Gasteiger charge is 2.26. The third-order valence-corrected chi connectivity index (χ3v) is 5.07. The van der Waals surface area contributed by atoms with E-state index in [0.29, 0.717) is 10.9 Å². The van der Waals surface area contributed by atoms with Gasteiger partial charge in [-0.15, -0.1) is 0 Å². The van der Waals surface area contributed by atoms with Gasteiger partial charge in [-0.3, -0.25) is 4.79 Å². The third kappa shape index (κ3) is 2.61. The van der Waals surface area contributed by atoms with E-state index in [4.69, 9.17) is 0 Å². The topological polar surface area (TPSA) is 59.8 Å². The minimum atomic E-state index is -0.289. The second-order valence-corrected chi connectivity index (χ2v) is 6.82. The summed E-state index contributed by atoms with van der Waals surface area (Å²) in [6.07, 6.45) is 3.00. The van der Waals surface area contributed by atoms with Crippen LogP contribution in [0.5, 0.6) is 0 Å². The van der Waals surface area contributed by atoms with Crippen molar-refractivity contribution in [3.8, 4) is 5.13 Å². The fourth-order valence-electron chi connectivity index (χ4n) is 2.61. The maximum Gasteiger partial charge on any atom is 0.228 e. The number of carbonyl (C=O) groups is 1. The van der Waals surface area contributed by atoms with Crippen molar-refractivity contribution in [2.45, 2.75) is 26.2 Å². The van der Waals surface area contributed by atoms with E-state index in [-0.39, 0.29) is 17.6 Å². The number of anilines is 1. The van der Waals surface area contributed by atoms with Crippen molar-refractivity contribution < 1.29 is 9.18 Å².